The molecule has 2 aliphatic rings. The highest BCUT2D eigenvalue weighted by Gasteiger charge is 2.23. The molecule has 2 saturated heterocycles. The smallest absolute Gasteiger partial charge is 0.236 e. The number of nitrogens with zero attached hydrogens (tertiary/aromatic N) is 3. The van der Waals surface area contributed by atoms with E-state index in [0.29, 0.717) is 57.1 Å². The maximum absolute atomic E-state index is 12.4. The summed E-state index contributed by atoms with van der Waals surface area (Å²) in [6.07, 6.45) is 0.399. The minimum absolute atomic E-state index is 0.00504. The number of hydrogen-bond donors (Lipinski definition) is 1. The molecule has 0 aromatic heterocycles. The van der Waals surface area contributed by atoms with E-state index in [2.05, 4.69) is 15.1 Å². The summed E-state index contributed by atoms with van der Waals surface area (Å²) in [5, 5.41) is 2.86. The van der Waals surface area contributed by atoms with Gasteiger partial charge in [0.15, 0.2) is 5.78 Å². The SMILES string of the molecule is CC(=O)c1ccc(NC(=O)CCN2CCN(C(=O)CN3CCOCC3)CC2)cc1. The molecule has 0 saturated carbocycles. The molecule has 1 aromatic rings. The van der Waals surface area contributed by atoms with Crippen LogP contribution in [0.1, 0.15) is 23.7 Å². The van der Waals surface area contributed by atoms with Crippen molar-refractivity contribution in [1.82, 2.24) is 14.7 Å². The Balaban J connectivity index is 1.34. The summed E-state index contributed by atoms with van der Waals surface area (Å²) >= 11 is 0. The molecule has 2 aliphatic heterocycles. The molecular formula is C21H30N4O4. The van der Waals surface area contributed by atoms with Gasteiger partial charge in [-0.3, -0.25) is 24.2 Å². The van der Waals surface area contributed by atoms with Crippen LogP contribution in [0.3, 0.4) is 0 Å². The molecule has 0 radical (unpaired) electrons. The number of ether oxygens (including phenoxy) is 1. The molecule has 8 heteroatoms. The van der Waals surface area contributed by atoms with E-state index in [1.165, 1.54) is 6.92 Å². The van der Waals surface area contributed by atoms with Crippen LogP contribution in [0.4, 0.5) is 5.69 Å². The average molecular weight is 402 g/mol. The summed E-state index contributed by atoms with van der Waals surface area (Å²) in [4.78, 5) is 42.2. The zero-order chi connectivity index (χ0) is 20.6. The first kappa shape index (κ1) is 21.4. The quantitative estimate of drug-likeness (QED) is 0.676. The van der Waals surface area contributed by atoms with Crippen molar-refractivity contribution in [1.29, 1.82) is 0 Å². The van der Waals surface area contributed by atoms with Crippen LogP contribution in [-0.2, 0) is 14.3 Å². The molecular weight excluding hydrogens is 372 g/mol. The van der Waals surface area contributed by atoms with Crippen LogP contribution in [0.2, 0.25) is 0 Å². The zero-order valence-electron chi connectivity index (χ0n) is 17.1. The zero-order valence-corrected chi connectivity index (χ0v) is 17.1. The highest BCUT2D eigenvalue weighted by Crippen LogP contribution is 2.11. The Morgan fingerprint density at radius 2 is 1.59 bits per heavy atom. The van der Waals surface area contributed by atoms with Gasteiger partial charge in [0, 0.05) is 63.5 Å². The first-order valence-electron chi connectivity index (χ1n) is 10.2. The number of carbonyl (C=O) groups is 3. The van der Waals surface area contributed by atoms with Crippen molar-refractivity contribution in [3.05, 3.63) is 29.8 Å². The van der Waals surface area contributed by atoms with E-state index in [1.54, 1.807) is 24.3 Å². The first-order chi connectivity index (χ1) is 14.0. The van der Waals surface area contributed by atoms with Gasteiger partial charge in [-0.05, 0) is 31.2 Å². The van der Waals surface area contributed by atoms with E-state index in [4.69, 9.17) is 4.74 Å². The molecule has 0 spiro atoms. The van der Waals surface area contributed by atoms with Gasteiger partial charge in [0.25, 0.3) is 0 Å². The Morgan fingerprint density at radius 1 is 0.931 bits per heavy atom. The predicted octanol–water partition coefficient (Wildman–Crippen LogP) is 0.694. The van der Waals surface area contributed by atoms with Crippen LogP contribution < -0.4 is 5.32 Å². The third-order valence-corrected chi connectivity index (χ3v) is 5.42. The highest BCUT2D eigenvalue weighted by molar-refractivity contribution is 5.95. The van der Waals surface area contributed by atoms with E-state index in [0.717, 1.165) is 26.2 Å². The van der Waals surface area contributed by atoms with Crippen molar-refractivity contribution in [3.8, 4) is 0 Å². The summed E-state index contributed by atoms with van der Waals surface area (Å²) in [5.41, 5.74) is 1.32. The average Bonchev–Trinajstić information content (AvgIpc) is 2.74. The van der Waals surface area contributed by atoms with Gasteiger partial charge < -0.3 is 15.0 Å². The number of benzene rings is 1. The number of nitrogens with one attached hydrogen (secondary N) is 1. The summed E-state index contributed by atoms with van der Waals surface area (Å²) in [6.45, 7) is 8.67. The van der Waals surface area contributed by atoms with Crippen molar-refractivity contribution < 1.29 is 19.1 Å². The number of morpholine rings is 1. The molecule has 1 N–H and O–H groups in total. The van der Waals surface area contributed by atoms with Gasteiger partial charge in [-0.2, -0.15) is 0 Å². The fraction of sp³-hybridized carbons (Fsp3) is 0.571. The minimum atomic E-state index is -0.0496. The van der Waals surface area contributed by atoms with E-state index < -0.39 is 0 Å². The van der Waals surface area contributed by atoms with Crippen LogP contribution in [0.15, 0.2) is 24.3 Å². The standard InChI is InChI=1S/C21H30N4O4/c1-17(26)18-2-4-19(5-3-18)22-20(27)6-7-23-8-10-25(11-9-23)21(28)16-24-12-14-29-15-13-24/h2-5H,6-16H2,1H3,(H,22,27). The van der Waals surface area contributed by atoms with Crippen molar-refractivity contribution in [2.75, 3.05) is 70.9 Å². The molecule has 29 heavy (non-hydrogen) atoms. The number of ketones is 1. The second kappa shape index (κ2) is 10.5. The Labute approximate surface area is 171 Å². The maximum atomic E-state index is 12.4. The topological polar surface area (TPSA) is 82.2 Å². The largest absolute Gasteiger partial charge is 0.379 e. The van der Waals surface area contributed by atoms with E-state index in [9.17, 15) is 14.4 Å². The minimum Gasteiger partial charge on any atom is -0.379 e. The Morgan fingerprint density at radius 3 is 2.21 bits per heavy atom. The van der Waals surface area contributed by atoms with E-state index in [-0.39, 0.29) is 17.6 Å². The fourth-order valence-electron chi connectivity index (χ4n) is 3.54. The molecule has 0 aliphatic carbocycles. The van der Waals surface area contributed by atoms with Crippen molar-refractivity contribution in [3.63, 3.8) is 0 Å². The van der Waals surface area contributed by atoms with Gasteiger partial charge in [0.1, 0.15) is 0 Å². The molecule has 1 aromatic carbocycles. The monoisotopic (exact) mass is 402 g/mol. The number of amides is 2. The number of carbonyl (C=O) groups excluding carboxylic acids is 3. The second-order valence-electron chi connectivity index (χ2n) is 7.54. The van der Waals surface area contributed by atoms with Gasteiger partial charge in [-0.15, -0.1) is 0 Å². The summed E-state index contributed by atoms with van der Waals surface area (Å²) in [7, 11) is 0. The van der Waals surface area contributed by atoms with E-state index in [1.807, 2.05) is 4.90 Å². The molecule has 2 amide bonds. The molecule has 2 heterocycles. The number of piperazine rings is 1. The van der Waals surface area contributed by atoms with Gasteiger partial charge in [0.05, 0.1) is 19.8 Å². The van der Waals surface area contributed by atoms with Gasteiger partial charge in [-0.25, -0.2) is 0 Å². The van der Waals surface area contributed by atoms with Crippen LogP contribution in [0.5, 0.6) is 0 Å². The number of rotatable bonds is 7. The molecule has 8 nitrogen and oxygen atoms in total. The molecule has 3 rings (SSSR count). The highest BCUT2D eigenvalue weighted by atomic mass is 16.5. The summed E-state index contributed by atoms with van der Waals surface area (Å²) < 4.78 is 5.32. The van der Waals surface area contributed by atoms with Crippen molar-refractivity contribution >= 4 is 23.3 Å². The van der Waals surface area contributed by atoms with Gasteiger partial charge in [-0.1, -0.05) is 0 Å². The summed E-state index contributed by atoms with van der Waals surface area (Å²) in [6, 6.07) is 6.91. The lowest BCUT2D eigenvalue weighted by Gasteiger charge is -2.36. The summed E-state index contributed by atoms with van der Waals surface area (Å²) in [5.74, 6) is 0.134. The molecule has 0 bridgehead atoms. The van der Waals surface area contributed by atoms with Crippen LogP contribution in [-0.4, -0.2) is 97.9 Å². The number of anilines is 1. The fourth-order valence-corrected chi connectivity index (χ4v) is 3.54. The van der Waals surface area contributed by atoms with Gasteiger partial charge in [0.2, 0.25) is 11.8 Å². The number of Topliss-reactive ketones (excluding diaryl/α,β-unsaturated/α-hetero) is 1. The van der Waals surface area contributed by atoms with Crippen molar-refractivity contribution in [2.24, 2.45) is 0 Å². The maximum Gasteiger partial charge on any atom is 0.236 e. The molecule has 158 valence electrons. The normalized spacial score (nSPS) is 18.4. The Hall–Kier alpha value is -2.29. The van der Waals surface area contributed by atoms with Crippen LogP contribution in [0, 0.1) is 0 Å². The number of hydrogen-bond acceptors (Lipinski definition) is 6. The van der Waals surface area contributed by atoms with Crippen LogP contribution >= 0.6 is 0 Å². The van der Waals surface area contributed by atoms with Crippen molar-refractivity contribution in [2.45, 2.75) is 13.3 Å². The van der Waals surface area contributed by atoms with E-state index >= 15 is 0 Å². The molecule has 0 unspecified atom stereocenters. The molecule has 2 fully saturated rings. The Kier molecular flexibility index (Phi) is 7.74. The lowest BCUT2D eigenvalue weighted by molar-refractivity contribution is -0.135. The van der Waals surface area contributed by atoms with Crippen LogP contribution in [0.25, 0.3) is 0 Å². The second-order valence-corrected chi connectivity index (χ2v) is 7.54. The third kappa shape index (κ3) is 6.62. The molecule has 0 atom stereocenters. The lowest BCUT2D eigenvalue weighted by atomic mass is 10.1. The third-order valence-electron chi connectivity index (χ3n) is 5.42. The lowest BCUT2D eigenvalue weighted by Crippen LogP contribution is -2.52. The predicted molar refractivity (Wildman–Crippen MR) is 110 cm³/mol. The Bertz CT molecular complexity index is 708. The first-order valence-corrected chi connectivity index (χ1v) is 10.2. The van der Waals surface area contributed by atoms with Gasteiger partial charge >= 0.3 is 0 Å².